The molecular formula is C7H15O2PSi. The van der Waals surface area contributed by atoms with Crippen molar-refractivity contribution in [2.45, 2.75) is 19.6 Å². The Morgan fingerprint density at radius 2 is 1.64 bits per heavy atom. The van der Waals surface area contributed by atoms with E-state index < -0.39 is 8.32 Å². The molecule has 0 rings (SSSR count). The molecule has 0 aliphatic carbocycles. The van der Waals surface area contributed by atoms with Crippen molar-refractivity contribution in [2.75, 3.05) is 0 Å². The van der Waals surface area contributed by atoms with Gasteiger partial charge in [0.05, 0.1) is 0 Å². The third-order valence-corrected chi connectivity index (χ3v) is 2.97. The predicted molar refractivity (Wildman–Crippen MR) is 52.4 cm³/mol. The van der Waals surface area contributed by atoms with Crippen LogP contribution < -0.4 is 0 Å². The van der Waals surface area contributed by atoms with Crippen molar-refractivity contribution in [2.24, 2.45) is 0 Å². The summed E-state index contributed by atoms with van der Waals surface area (Å²) in [5, 5.41) is 0. The molecule has 11 heavy (non-hydrogen) atoms. The summed E-state index contributed by atoms with van der Waals surface area (Å²) in [4.78, 5) is 0. The van der Waals surface area contributed by atoms with Gasteiger partial charge in [-0.1, -0.05) is 25.3 Å². The molecule has 0 saturated carbocycles. The second kappa shape index (κ2) is 7.86. The molecule has 0 saturated heterocycles. The van der Waals surface area contributed by atoms with Crippen LogP contribution in [0.3, 0.4) is 0 Å². The Morgan fingerprint density at radius 1 is 1.27 bits per heavy atom. The first-order valence-electron chi connectivity index (χ1n) is 3.22. The van der Waals surface area contributed by atoms with Gasteiger partial charge >= 0.3 is 8.69 Å². The minimum absolute atomic E-state index is 0.179. The summed E-state index contributed by atoms with van der Waals surface area (Å²) in [5.74, 6) is 0. The molecule has 0 spiro atoms. The highest BCUT2D eigenvalue weighted by atomic mass is 31.1. The van der Waals surface area contributed by atoms with E-state index in [0.29, 0.717) is 0 Å². The summed E-state index contributed by atoms with van der Waals surface area (Å²) >= 11 is 0. The van der Waals surface area contributed by atoms with E-state index in [1.807, 2.05) is 19.6 Å². The number of hydrogen-bond donors (Lipinski definition) is 0. The van der Waals surface area contributed by atoms with Crippen molar-refractivity contribution in [3.8, 4) is 0 Å². The lowest BCUT2D eigenvalue weighted by Crippen LogP contribution is -2.19. The predicted octanol–water partition coefficient (Wildman–Crippen LogP) is 3.40. The summed E-state index contributed by atoms with van der Waals surface area (Å²) in [6.07, 6.45) is 3.28. The molecule has 4 heteroatoms. The molecule has 2 nitrogen and oxygen atoms in total. The van der Waals surface area contributed by atoms with Gasteiger partial charge < -0.3 is 4.21 Å². The van der Waals surface area contributed by atoms with E-state index in [2.05, 4.69) is 13.2 Å². The summed E-state index contributed by atoms with van der Waals surface area (Å²) in [6.45, 7) is 12.7. The van der Waals surface area contributed by atoms with Crippen LogP contribution in [0.25, 0.3) is 0 Å². The Morgan fingerprint density at radius 3 is 1.64 bits per heavy atom. The average molecular weight is 190 g/mol. The van der Waals surface area contributed by atoms with Gasteiger partial charge in [0.25, 0.3) is 0 Å². The second-order valence-corrected chi connectivity index (χ2v) is 7.85. The van der Waals surface area contributed by atoms with Crippen molar-refractivity contribution >= 4 is 17.0 Å². The molecule has 0 amide bonds. The Bertz CT molecular complexity index is 123. The van der Waals surface area contributed by atoms with Crippen molar-refractivity contribution in [1.82, 2.24) is 0 Å². The van der Waals surface area contributed by atoms with Gasteiger partial charge in [0.15, 0.2) is 0 Å². The lowest BCUT2D eigenvalue weighted by molar-refractivity contribution is 0.525. The van der Waals surface area contributed by atoms with Crippen molar-refractivity contribution in [3.63, 3.8) is 0 Å². The van der Waals surface area contributed by atoms with E-state index in [4.69, 9.17) is 4.21 Å². The lowest BCUT2D eigenvalue weighted by Gasteiger charge is -2.07. The SMILES string of the molecule is C=CC=C.C[Si](C)(C)OP=O. The number of allylic oxidation sites excluding steroid dienone is 2. The standard InChI is InChI=1S/C4H6.C3H9O2PSi/c1-3-4-2;1-7(2,3)5-6-4/h3-4H,1-2H2;1-3H3. The maximum absolute atomic E-state index is 9.73. The molecule has 0 aromatic rings. The monoisotopic (exact) mass is 190 g/mol. The quantitative estimate of drug-likeness (QED) is 0.387. The van der Waals surface area contributed by atoms with E-state index in [1.165, 1.54) is 0 Å². The van der Waals surface area contributed by atoms with E-state index >= 15 is 0 Å². The molecule has 64 valence electrons. The molecule has 0 radical (unpaired) electrons. The highest BCUT2D eigenvalue weighted by Gasteiger charge is 2.13. The fourth-order valence-electron chi connectivity index (χ4n) is 0.112. The third-order valence-electron chi connectivity index (χ3n) is 0.478. The summed E-state index contributed by atoms with van der Waals surface area (Å²) in [6, 6.07) is 0. The number of rotatable bonds is 3. The fraction of sp³-hybridized carbons (Fsp3) is 0.429. The molecule has 0 atom stereocenters. The van der Waals surface area contributed by atoms with Gasteiger partial charge in [0, 0.05) is 0 Å². The molecule has 0 aliphatic rings. The minimum Gasteiger partial charge on any atom is -0.338 e. The van der Waals surface area contributed by atoms with Crippen LogP contribution in [0.4, 0.5) is 0 Å². The summed E-state index contributed by atoms with van der Waals surface area (Å²) < 4.78 is 14.5. The second-order valence-electron chi connectivity index (χ2n) is 2.75. The summed E-state index contributed by atoms with van der Waals surface area (Å²) in [5.41, 5.74) is 0. The van der Waals surface area contributed by atoms with Gasteiger partial charge in [-0.2, -0.15) is 0 Å². The Balaban J connectivity index is 0. The summed E-state index contributed by atoms with van der Waals surface area (Å²) in [7, 11) is -1.66. The van der Waals surface area contributed by atoms with Gasteiger partial charge in [0.2, 0.25) is 8.32 Å². The third kappa shape index (κ3) is 25.9. The zero-order valence-electron chi connectivity index (χ0n) is 7.33. The molecule has 0 N–H and O–H groups in total. The van der Waals surface area contributed by atoms with E-state index in [0.717, 1.165) is 0 Å². The van der Waals surface area contributed by atoms with Crippen LogP contribution in [0.2, 0.25) is 19.6 Å². The van der Waals surface area contributed by atoms with Crippen molar-refractivity contribution in [1.29, 1.82) is 0 Å². The fourth-order valence-corrected chi connectivity index (χ4v) is 1.01. The van der Waals surface area contributed by atoms with Crippen LogP contribution in [0, 0.1) is 0 Å². The maximum Gasteiger partial charge on any atom is 0.316 e. The first-order valence-corrected chi connectivity index (χ1v) is 7.36. The lowest BCUT2D eigenvalue weighted by atomic mass is 10.6. The Hall–Kier alpha value is -0.243. The first-order chi connectivity index (χ1) is 4.97. The smallest absolute Gasteiger partial charge is 0.316 e. The maximum atomic E-state index is 9.73. The van der Waals surface area contributed by atoms with Crippen LogP contribution in [0.1, 0.15) is 0 Å². The van der Waals surface area contributed by atoms with Crippen LogP contribution in [0.5, 0.6) is 0 Å². The topological polar surface area (TPSA) is 26.3 Å². The van der Waals surface area contributed by atoms with Crippen LogP contribution in [0.15, 0.2) is 25.3 Å². The highest BCUT2D eigenvalue weighted by Crippen LogP contribution is 2.09. The van der Waals surface area contributed by atoms with E-state index in [9.17, 15) is 4.57 Å². The molecule has 0 bridgehead atoms. The highest BCUT2D eigenvalue weighted by molar-refractivity contribution is 7.20. The van der Waals surface area contributed by atoms with E-state index in [-0.39, 0.29) is 8.69 Å². The Kier molecular flexibility index (Phi) is 9.54. The van der Waals surface area contributed by atoms with Crippen molar-refractivity contribution in [3.05, 3.63) is 25.3 Å². The molecule has 0 unspecified atom stereocenters. The Labute approximate surface area is 71.4 Å². The first kappa shape index (κ1) is 13.4. The van der Waals surface area contributed by atoms with E-state index in [1.54, 1.807) is 12.2 Å². The van der Waals surface area contributed by atoms with Gasteiger partial charge in [-0.25, -0.2) is 4.57 Å². The molecule has 0 aromatic heterocycles. The molecular weight excluding hydrogens is 175 g/mol. The van der Waals surface area contributed by atoms with Gasteiger partial charge in [-0.3, -0.25) is 0 Å². The normalized spacial score (nSPS) is 9.73. The largest absolute Gasteiger partial charge is 0.338 e. The van der Waals surface area contributed by atoms with Gasteiger partial charge in [-0.05, 0) is 19.6 Å². The van der Waals surface area contributed by atoms with Crippen molar-refractivity contribution < 1.29 is 8.78 Å². The van der Waals surface area contributed by atoms with Gasteiger partial charge in [0.1, 0.15) is 0 Å². The van der Waals surface area contributed by atoms with Crippen LogP contribution >= 0.6 is 8.69 Å². The van der Waals surface area contributed by atoms with Crippen LogP contribution in [-0.4, -0.2) is 8.32 Å². The molecule has 0 aliphatic heterocycles. The average Bonchev–Trinajstić information content (AvgIpc) is 1.86. The molecule has 0 fully saturated rings. The zero-order valence-corrected chi connectivity index (χ0v) is 9.23. The van der Waals surface area contributed by atoms with Crippen LogP contribution in [-0.2, 0) is 8.78 Å². The molecule has 0 heterocycles. The minimum atomic E-state index is -1.48. The zero-order chi connectivity index (χ0) is 9.33. The van der Waals surface area contributed by atoms with Gasteiger partial charge in [-0.15, -0.1) is 0 Å². The number of hydrogen-bond acceptors (Lipinski definition) is 2. The molecule has 0 aromatic carbocycles.